The molecule has 9 heteroatoms. The number of rotatable bonds is 3. The number of nitrogen functional groups attached to an aromatic ring is 1. The SMILES string of the molecule is CN1CC[C@@H](n2ccc3ccc(-c4nc(C5CC(C)(O)C5)n5ccnc(N)c45)cc3c2=O)C1=O. The van der Waals surface area contributed by atoms with Crippen molar-refractivity contribution in [3.05, 3.63) is 59.0 Å². The van der Waals surface area contributed by atoms with E-state index in [2.05, 4.69) is 4.98 Å². The van der Waals surface area contributed by atoms with Gasteiger partial charge in [-0.05, 0) is 43.7 Å². The molecule has 0 bridgehead atoms. The smallest absolute Gasteiger partial charge is 0.259 e. The number of pyridine rings is 1. The van der Waals surface area contributed by atoms with E-state index in [-0.39, 0.29) is 17.4 Å². The zero-order valence-corrected chi connectivity index (χ0v) is 19.1. The van der Waals surface area contributed by atoms with Crippen LogP contribution in [-0.2, 0) is 4.79 Å². The number of anilines is 1. The standard InChI is InChI=1S/C25H26N6O3/c1-25(34)12-16(13-25)22-28-19(20-21(26)27-7-10-31(20)22)15-4-3-14-5-9-30(23(32)17(14)11-15)18-6-8-29(2)24(18)33/h3-5,7,9-11,16,18,34H,6,8,12-13H2,1-2H3,(H2,26,27)/t16?,18-,25?/m1/s1. The van der Waals surface area contributed by atoms with Crippen LogP contribution in [0.3, 0.4) is 0 Å². The minimum absolute atomic E-state index is 0.0439. The van der Waals surface area contributed by atoms with Crippen LogP contribution in [-0.4, -0.2) is 54.0 Å². The number of likely N-dealkylation sites (N-methyl/N-ethyl adjacent to an activating group) is 1. The normalized spacial score (nSPS) is 24.8. The molecule has 0 unspecified atom stereocenters. The molecule has 1 atom stereocenters. The molecule has 0 spiro atoms. The Balaban J connectivity index is 1.50. The van der Waals surface area contributed by atoms with E-state index >= 15 is 0 Å². The molecule has 0 radical (unpaired) electrons. The molecule has 2 aliphatic rings. The van der Waals surface area contributed by atoms with Crippen molar-refractivity contribution in [2.24, 2.45) is 0 Å². The Labute approximate surface area is 195 Å². The van der Waals surface area contributed by atoms with Crippen molar-refractivity contribution in [1.29, 1.82) is 0 Å². The lowest BCUT2D eigenvalue weighted by Crippen LogP contribution is -2.40. The molecule has 1 aliphatic heterocycles. The van der Waals surface area contributed by atoms with Crippen molar-refractivity contribution < 1.29 is 9.90 Å². The molecule has 4 aromatic rings. The van der Waals surface area contributed by atoms with E-state index in [1.54, 1.807) is 28.9 Å². The Morgan fingerprint density at radius 3 is 2.68 bits per heavy atom. The number of carbonyl (C=O) groups excluding carboxylic acids is 1. The third-order valence-corrected chi connectivity index (χ3v) is 7.29. The number of hydrogen-bond donors (Lipinski definition) is 2. The summed E-state index contributed by atoms with van der Waals surface area (Å²) >= 11 is 0. The summed E-state index contributed by atoms with van der Waals surface area (Å²) in [5, 5.41) is 11.6. The topological polar surface area (TPSA) is 119 Å². The summed E-state index contributed by atoms with van der Waals surface area (Å²) in [5.41, 5.74) is 7.48. The van der Waals surface area contributed by atoms with E-state index in [0.29, 0.717) is 48.2 Å². The Morgan fingerprint density at radius 1 is 1.18 bits per heavy atom. The summed E-state index contributed by atoms with van der Waals surface area (Å²) in [6, 6.07) is 7.04. The van der Waals surface area contributed by atoms with Crippen molar-refractivity contribution in [3.8, 4) is 11.3 Å². The first-order valence-electron chi connectivity index (χ1n) is 11.5. The van der Waals surface area contributed by atoms with Gasteiger partial charge in [0.25, 0.3) is 5.56 Å². The average Bonchev–Trinajstić information content (AvgIpc) is 3.34. The maximum atomic E-state index is 13.4. The van der Waals surface area contributed by atoms with Crippen LogP contribution in [0.1, 0.15) is 44.0 Å². The first-order chi connectivity index (χ1) is 16.2. The zero-order chi connectivity index (χ0) is 23.8. The highest BCUT2D eigenvalue weighted by atomic mass is 16.3. The highest BCUT2D eigenvalue weighted by Crippen LogP contribution is 2.45. The van der Waals surface area contributed by atoms with Crippen LogP contribution in [0.25, 0.3) is 27.5 Å². The molecule has 1 saturated carbocycles. The molecular weight excluding hydrogens is 432 g/mol. The van der Waals surface area contributed by atoms with Gasteiger partial charge in [-0.25, -0.2) is 9.97 Å². The van der Waals surface area contributed by atoms with Gasteiger partial charge in [-0.1, -0.05) is 12.1 Å². The number of hydrogen-bond acceptors (Lipinski definition) is 6. The molecule has 4 heterocycles. The largest absolute Gasteiger partial charge is 0.390 e. The summed E-state index contributed by atoms with van der Waals surface area (Å²) < 4.78 is 3.49. The van der Waals surface area contributed by atoms with Crippen molar-refractivity contribution in [3.63, 3.8) is 0 Å². The van der Waals surface area contributed by atoms with Gasteiger partial charge in [-0.3, -0.25) is 14.0 Å². The van der Waals surface area contributed by atoms with Gasteiger partial charge >= 0.3 is 0 Å². The molecule has 3 aromatic heterocycles. The number of fused-ring (bicyclic) bond motifs is 2. The molecule has 3 N–H and O–H groups in total. The fourth-order valence-electron chi connectivity index (χ4n) is 5.47. The number of nitrogens with zero attached hydrogens (tertiary/aromatic N) is 5. The van der Waals surface area contributed by atoms with Gasteiger partial charge in [-0.15, -0.1) is 0 Å². The van der Waals surface area contributed by atoms with Crippen LogP contribution in [0.15, 0.2) is 47.7 Å². The van der Waals surface area contributed by atoms with Gasteiger partial charge in [0.2, 0.25) is 5.91 Å². The number of amides is 1. The third-order valence-electron chi connectivity index (χ3n) is 7.29. The lowest BCUT2D eigenvalue weighted by atomic mass is 9.72. The third kappa shape index (κ3) is 3.03. The van der Waals surface area contributed by atoms with Crippen LogP contribution in [0, 0.1) is 0 Å². The molecule has 1 amide bonds. The maximum absolute atomic E-state index is 13.4. The van der Waals surface area contributed by atoms with Gasteiger partial charge in [0, 0.05) is 49.1 Å². The van der Waals surface area contributed by atoms with Crippen LogP contribution >= 0.6 is 0 Å². The van der Waals surface area contributed by atoms with E-state index < -0.39 is 11.6 Å². The van der Waals surface area contributed by atoms with Gasteiger partial charge in [0.1, 0.15) is 28.9 Å². The molecule has 1 saturated heterocycles. The van der Waals surface area contributed by atoms with Gasteiger partial charge in [0.15, 0.2) is 0 Å². The Bertz CT molecular complexity index is 1530. The molecule has 34 heavy (non-hydrogen) atoms. The van der Waals surface area contributed by atoms with E-state index in [4.69, 9.17) is 10.7 Å². The molecule has 1 aliphatic carbocycles. The Kier molecular flexibility index (Phi) is 4.38. The number of aromatic nitrogens is 4. The number of nitrogens with two attached hydrogens (primary N) is 1. The fraction of sp³-hybridized carbons (Fsp3) is 0.360. The van der Waals surface area contributed by atoms with Crippen LogP contribution in [0.5, 0.6) is 0 Å². The first-order valence-corrected chi connectivity index (χ1v) is 11.5. The number of imidazole rings is 1. The average molecular weight is 459 g/mol. The second kappa shape index (κ2) is 7.14. The quantitative estimate of drug-likeness (QED) is 0.486. The van der Waals surface area contributed by atoms with Gasteiger partial charge < -0.3 is 20.3 Å². The van der Waals surface area contributed by atoms with Gasteiger partial charge in [0.05, 0.1) is 5.60 Å². The predicted octanol–water partition coefficient (Wildman–Crippen LogP) is 2.33. The number of benzene rings is 1. The molecule has 9 nitrogen and oxygen atoms in total. The van der Waals surface area contributed by atoms with Crippen LogP contribution in [0.4, 0.5) is 5.82 Å². The molecule has 6 rings (SSSR count). The first kappa shape index (κ1) is 20.9. The predicted molar refractivity (Wildman–Crippen MR) is 128 cm³/mol. The van der Waals surface area contributed by atoms with E-state index in [9.17, 15) is 14.7 Å². The summed E-state index contributed by atoms with van der Waals surface area (Å²) in [4.78, 5) is 36.8. The molecule has 2 fully saturated rings. The number of carbonyl (C=O) groups is 1. The van der Waals surface area contributed by atoms with Crippen molar-refractivity contribution in [2.45, 2.75) is 43.7 Å². The fourth-order valence-corrected chi connectivity index (χ4v) is 5.47. The number of aliphatic hydroxyl groups is 1. The lowest BCUT2D eigenvalue weighted by molar-refractivity contribution is -0.129. The van der Waals surface area contributed by atoms with Crippen molar-refractivity contribution in [1.82, 2.24) is 23.8 Å². The van der Waals surface area contributed by atoms with E-state index in [0.717, 1.165) is 16.8 Å². The summed E-state index contributed by atoms with van der Waals surface area (Å²) in [5.74, 6) is 1.25. The van der Waals surface area contributed by atoms with E-state index in [1.807, 2.05) is 41.8 Å². The second-order valence-electron chi connectivity index (χ2n) is 9.85. The zero-order valence-electron chi connectivity index (χ0n) is 19.1. The Morgan fingerprint density at radius 2 is 1.97 bits per heavy atom. The van der Waals surface area contributed by atoms with Crippen molar-refractivity contribution in [2.75, 3.05) is 19.3 Å². The monoisotopic (exact) mass is 458 g/mol. The number of likely N-dealkylation sites (tertiary alicyclic amines) is 1. The highest BCUT2D eigenvalue weighted by Gasteiger charge is 2.41. The van der Waals surface area contributed by atoms with Gasteiger partial charge in [-0.2, -0.15) is 0 Å². The van der Waals surface area contributed by atoms with Crippen LogP contribution < -0.4 is 11.3 Å². The summed E-state index contributed by atoms with van der Waals surface area (Å²) in [7, 11) is 1.76. The maximum Gasteiger partial charge on any atom is 0.259 e. The lowest BCUT2D eigenvalue weighted by Gasteiger charge is -2.40. The minimum Gasteiger partial charge on any atom is -0.390 e. The molecule has 174 valence electrons. The molecular formula is C25H26N6O3. The molecule has 1 aromatic carbocycles. The van der Waals surface area contributed by atoms with E-state index in [1.165, 1.54) is 0 Å². The second-order valence-corrected chi connectivity index (χ2v) is 9.85. The van der Waals surface area contributed by atoms with Crippen molar-refractivity contribution >= 4 is 28.0 Å². The van der Waals surface area contributed by atoms with Crippen LogP contribution in [0.2, 0.25) is 0 Å². The Hall–Kier alpha value is -3.72. The summed E-state index contributed by atoms with van der Waals surface area (Å²) in [6.07, 6.45) is 7.05. The minimum atomic E-state index is -0.686. The highest BCUT2D eigenvalue weighted by molar-refractivity contribution is 5.92. The summed E-state index contributed by atoms with van der Waals surface area (Å²) in [6.45, 7) is 2.47.